The molecule has 0 unspecified atom stereocenters. The Morgan fingerprint density at radius 1 is 1.25 bits per heavy atom. The Hall–Kier alpha value is -2.15. The van der Waals surface area contributed by atoms with Gasteiger partial charge in [-0.05, 0) is 43.0 Å². The quantitative estimate of drug-likeness (QED) is 0.933. The van der Waals surface area contributed by atoms with E-state index >= 15 is 0 Å². The summed E-state index contributed by atoms with van der Waals surface area (Å²) < 4.78 is 38.7. The van der Waals surface area contributed by atoms with Crippen molar-refractivity contribution in [2.24, 2.45) is 0 Å². The molecule has 128 valence electrons. The fourth-order valence-electron chi connectivity index (χ4n) is 3.13. The van der Waals surface area contributed by atoms with E-state index in [9.17, 15) is 13.2 Å². The first-order chi connectivity index (χ1) is 11.4. The molecule has 1 aromatic heterocycles. The Kier molecular flexibility index (Phi) is 4.71. The normalized spacial score (nSPS) is 19.4. The van der Waals surface area contributed by atoms with E-state index in [1.807, 2.05) is 0 Å². The molecule has 1 saturated heterocycles. The van der Waals surface area contributed by atoms with Crippen LogP contribution in [-0.2, 0) is 12.7 Å². The van der Waals surface area contributed by atoms with Crippen molar-refractivity contribution >= 4 is 5.82 Å². The summed E-state index contributed by atoms with van der Waals surface area (Å²) in [6.07, 6.45) is -0.871. The van der Waals surface area contributed by atoms with Gasteiger partial charge in [-0.1, -0.05) is 18.2 Å². The number of rotatable bonds is 3. The van der Waals surface area contributed by atoms with Crippen molar-refractivity contribution in [2.45, 2.75) is 31.5 Å². The van der Waals surface area contributed by atoms with Gasteiger partial charge >= 0.3 is 6.18 Å². The van der Waals surface area contributed by atoms with Crippen LogP contribution in [0.1, 0.15) is 35.7 Å². The van der Waals surface area contributed by atoms with Gasteiger partial charge in [0, 0.05) is 12.7 Å². The third kappa shape index (κ3) is 4.03. The number of hydrogen-bond acceptors (Lipinski definition) is 4. The third-order valence-corrected chi connectivity index (χ3v) is 4.28. The molecular formula is C17H19F3N4. The van der Waals surface area contributed by atoms with Crippen LogP contribution in [0.2, 0.25) is 0 Å². The van der Waals surface area contributed by atoms with Gasteiger partial charge in [0.25, 0.3) is 0 Å². The van der Waals surface area contributed by atoms with Crippen molar-refractivity contribution in [1.82, 2.24) is 14.9 Å². The topological polar surface area (TPSA) is 55.0 Å². The lowest BCUT2D eigenvalue weighted by molar-refractivity contribution is -0.137. The molecule has 0 spiro atoms. The number of likely N-dealkylation sites (tertiary alicyclic amines) is 1. The van der Waals surface area contributed by atoms with Gasteiger partial charge < -0.3 is 5.73 Å². The van der Waals surface area contributed by atoms with Crippen LogP contribution >= 0.6 is 0 Å². The number of piperidine rings is 1. The second-order valence-corrected chi connectivity index (χ2v) is 6.10. The van der Waals surface area contributed by atoms with Crippen molar-refractivity contribution in [2.75, 3.05) is 18.8 Å². The lowest BCUT2D eigenvalue weighted by atomic mass is 9.89. The maximum Gasteiger partial charge on any atom is 0.416 e. The van der Waals surface area contributed by atoms with Crippen molar-refractivity contribution in [3.63, 3.8) is 0 Å². The molecular weight excluding hydrogens is 317 g/mol. The lowest BCUT2D eigenvalue weighted by Gasteiger charge is -2.32. The lowest BCUT2D eigenvalue weighted by Crippen LogP contribution is -2.34. The molecule has 1 aliphatic heterocycles. The van der Waals surface area contributed by atoms with Gasteiger partial charge in [0.1, 0.15) is 11.6 Å². The average molecular weight is 336 g/mol. The molecule has 7 heteroatoms. The third-order valence-electron chi connectivity index (χ3n) is 4.28. The Morgan fingerprint density at radius 3 is 2.83 bits per heavy atom. The van der Waals surface area contributed by atoms with E-state index in [2.05, 4.69) is 14.9 Å². The first-order valence-corrected chi connectivity index (χ1v) is 7.89. The Morgan fingerprint density at radius 2 is 2.08 bits per heavy atom. The highest BCUT2D eigenvalue weighted by atomic mass is 19.4. The van der Waals surface area contributed by atoms with Gasteiger partial charge in [-0.15, -0.1) is 0 Å². The Labute approximate surface area is 138 Å². The molecule has 2 heterocycles. The fraction of sp³-hybridized carbons (Fsp3) is 0.412. The van der Waals surface area contributed by atoms with E-state index in [-0.39, 0.29) is 5.92 Å². The molecule has 4 nitrogen and oxygen atoms in total. The minimum Gasteiger partial charge on any atom is -0.384 e. The zero-order chi connectivity index (χ0) is 17.2. The molecule has 0 aliphatic carbocycles. The van der Waals surface area contributed by atoms with Crippen LogP contribution in [0.15, 0.2) is 36.5 Å². The van der Waals surface area contributed by atoms with Crippen molar-refractivity contribution in [1.29, 1.82) is 0 Å². The summed E-state index contributed by atoms with van der Waals surface area (Å²) in [6.45, 7) is 2.13. The number of hydrogen-bond donors (Lipinski definition) is 1. The summed E-state index contributed by atoms with van der Waals surface area (Å²) in [7, 11) is 0. The molecule has 24 heavy (non-hydrogen) atoms. The molecule has 0 bridgehead atoms. The number of nitrogen functional groups attached to an aromatic ring is 1. The van der Waals surface area contributed by atoms with Crippen LogP contribution in [0.3, 0.4) is 0 Å². The standard InChI is InChI=1S/C17H19F3N4/c18-17(19,20)14-5-1-3-12(9-14)13-4-2-8-24(10-13)11-16-22-7-6-15(21)23-16/h1,3,5-7,9,13H,2,4,8,10-11H2,(H2,21,22,23)/t13-/m1/s1. The average Bonchev–Trinajstić information content (AvgIpc) is 2.54. The summed E-state index contributed by atoms with van der Waals surface area (Å²) in [5, 5.41) is 0. The van der Waals surface area contributed by atoms with Gasteiger partial charge in [-0.3, -0.25) is 4.90 Å². The summed E-state index contributed by atoms with van der Waals surface area (Å²) in [5.41, 5.74) is 5.82. The van der Waals surface area contributed by atoms with E-state index in [0.717, 1.165) is 31.0 Å². The van der Waals surface area contributed by atoms with Crippen LogP contribution in [0.25, 0.3) is 0 Å². The number of aromatic nitrogens is 2. The highest BCUT2D eigenvalue weighted by Gasteiger charge is 2.31. The zero-order valence-electron chi connectivity index (χ0n) is 13.1. The summed E-state index contributed by atoms with van der Waals surface area (Å²) in [6, 6.07) is 7.28. The molecule has 1 fully saturated rings. The predicted octanol–water partition coefficient (Wildman–Crippen LogP) is 3.46. The largest absolute Gasteiger partial charge is 0.416 e. The number of nitrogens with two attached hydrogens (primary N) is 1. The Bertz CT molecular complexity index is 702. The van der Waals surface area contributed by atoms with Crippen LogP contribution in [-0.4, -0.2) is 28.0 Å². The Balaban J connectivity index is 1.71. The molecule has 3 rings (SSSR count). The van der Waals surface area contributed by atoms with Gasteiger partial charge in [0.15, 0.2) is 0 Å². The fourth-order valence-corrected chi connectivity index (χ4v) is 3.13. The molecule has 0 saturated carbocycles. The summed E-state index contributed by atoms with van der Waals surface area (Å²) in [4.78, 5) is 10.6. The van der Waals surface area contributed by atoms with Gasteiger partial charge in [0.05, 0.1) is 12.1 Å². The van der Waals surface area contributed by atoms with Crippen LogP contribution in [0, 0.1) is 0 Å². The summed E-state index contributed by atoms with van der Waals surface area (Å²) in [5.74, 6) is 1.15. The minimum atomic E-state index is -4.31. The highest BCUT2D eigenvalue weighted by molar-refractivity contribution is 5.29. The van der Waals surface area contributed by atoms with E-state index in [0.29, 0.717) is 24.7 Å². The molecule has 1 atom stereocenters. The van der Waals surface area contributed by atoms with Crippen LogP contribution in [0.5, 0.6) is 0 Å². The first-order valence-electron chi connectivity index (χ1n) is 7.89. The van der Waals surface area contributed by atoms with Gasteiger partial charge in [-0.25, -0.2) is 9.97 Å². The molecule has 2 N–H and O–H groups in total. The van der Waals surface area contributed by atoms with E-state index in [1.165, 1.54) is 12.1 Å². The highest BCUT2D eigenvalue weighted by Crippen LogP contribution is 2.33. The maximum atomic E-state index is 12.9. The second kappa shape index (κ2) is 6.76. The van der Waals surface area contributed by atoms with Crippen LogP contribution in [0.4, 0.5) is 19.0 Å². The van der Waals surface area contributed by atoms with E-state index < -0.39 is 11.7 Å². The van der Waals surface area contributed by atoms with Crippen molar-refractivity contribution in [3.8, 4) is 0 Å². The molecule has 0 amide bonds. The zero-order valence-corrected chi connectivity index (χ0v) is 13.1. The smallest absolute Gasteiger partial charge is 0.384 e. The predicted molar refractivity (Wildman–Crippen MR) is 85.1 cm³/mol. The van der Waals surface area contributed by atoms with Gasteiger partial charge in [-0.2, -0.15) is 13.2 Å². The van der Waals surface area contributed by atoms with E-state index in [4.69, 9.17) is 5.73 Å². The summed E-state index contributed by atoms with van der Waals surface area (Å²) >= 11 is 0. The molecule has 2 aromatic rings. The van der Waals surface area contributed by atoms with Crippen molar-refractivity contribution in [3.05, 3.63) is 53.5 Å². The van der Waals surface area contributed by atoms with Gasteiger partial charge in [0.2, 0.25) is 0 Å². The molecule has 1 aromatic carbocycles. The minimum absolute atomic E-state index is 0.0853. The van der Waals surface area contributed by atoms with Crippen molar-refractivity contribution < 1.29 is 13.2 Å². The number of benzene rings is 1. The van der Waals surface area contributed by atoms with Crippen LogP contribution < -0.4 is 5.73 Å². The number of anilines is 1. The van der Waals surface area contributed by atoms with E-state index in [1.54, 1.807) is 18.3 Å². The maximum absolute atomic E-state index is 12.9. The number of nitrogens with zero attached hydrogens (tertiary/aromatic N) is 3. The number of alkyl halides is 3. The second-order valence-electron chi connectivity index (χ2n) is 6.10. The molecule has 1 aliphatic rings. The monoisotopic (exact) mass is 336 g/mol. The first kappa shape index (κ1) is 16.7. The number of halogens is 3. The SMILES string of the molecule is Nc1ccnc(CN2CCC[C@@H](c3cccc(C(F)(F)F)c3)C2)n1. The molecule has 0 radical (unpaired) electrons.